The van der Waals surface area contributed by atoms with Crippen LogP contribution >= 0.6 is 0 Å². The largest absolute Gasteiger partial charge is 0.480 e. The quantitative estimate of drug-likeness (QED) is 0.321. The van der Waals surface area contributed by atoms with Gasteiger partial charge in [0.15, 0.2) is 0 Å². The first-order chi connectivity index (χ1) is 7.82. The predicted octanol–water partition coefficient (Wildman–Crippen LogP) is -2.30. The normalized spacial score (nSPS) is 11.5. The summed E-state index contributed by atoms with van der Waals surface area (Å²) in [5.41, 5.74) is 0. The first kappa shape index (κ1) is 14.8. The highest BCUT2D eigenvalue weighted by Gasteiger charge is 2.21. The van der Waals surface area contributed by atoms with E-state index in [1.807, 2.05) is 5.32 Å². The van der Waals surface area contributed by atoms with Crippen molar-refractivity contribution in [1.29, 1.82) is 0 Å². The maximum atomic E-state index is 11.1. The van der Waals surface area contributed by atoms with Crippen molar-refractivity contribution in [3.8, 4) is 0 Å². The first-order valence-electron chi connectivity index (χ1n) is 4.49. The van der Waals surface area contributed by atoms with Gasteiger partial charge in [0.05, 0.1) is 13.0 Å². The van der Waals surface area contributed by atoms with E-state index in [-0.39, 0.29) is 0 Å². The van der Waals surface area contributed by atoms with E-state index in [1.165, 1.54) is 0 Å². The molecule has 0 saturated heterocycles. The van der Waals surface area contributed by atoms with Gasteiger partial charge < -0.3 is 20.6 Å². The van der Waals surface area contributed by atoms with E-state index >= 15 is 0 Å². The first-order valence-corrected chi connectivity index (χ1v) is 4.49. The number of carbonyl (C=O) groups excluding carboxylic acids is 1. The second-order valence-electron chi connectivity index (χ2n) is 3.04. The average molecular weight is 248 g/mol. The number of hydrogen-bond donors (Lipinski definition) is 5. The summed E-state index contributed by atoms with van der Waals surface area (Å²) in [6.45, 7) is -1.23. The van der Waals surface area contributed by atoms with E-state index in [0.717, 1.165) is 0 Å². The molecule has 0 unspecified atom stereocenters. The highest BCUT2D eigenvalue weighted by molar-refractivity contribution is 5.86. The Bertz CT molecular complexity index is 328. The molecule has 1 atom stereocenters. The Balaban J connectivity index is 4.15. The molecule has 0 aromatic carbocycles. The molecule has 1 amide bonds. The van der Waals surface area contributed by atoms with Gasteiger partial charge in [-0.25, -0.2) is 0 Å². The molecular formula is C8H12N2O7. The lowest BCUT2D eigenvalue weighted by Gasteiger charge is -2.12. The molecular weight excluding hydrogens is 236 g/mol. The third kappa shape index (κ3) is 7.73. The van der Waals surface area contributed by atoms with Crippen molar-refractivity contribution in [2.75, 3.05) is 13.1 Å². The molecule has 0 fully saturated rings. The van der Waals surface area contributed by atoms with E-state index in [2.05, 4.69) is 5.32 Å². The molecule has 96 valence electrons. The fourth-order valence-corrected chi connectivity index (χ4v) is 0.889. The van der Waals surface area contributed by atoms with Crippen LogP contribution in [-0.2, 0) is 19.2 Å². The van der Waals surface area contributed by atoms with Gasteiger partial charge in [-0.2, -0.15) is 0 Å². The van der Waals surface area contributed by atoms with Gasteiger partial charge in [0.2, 0.25) is 5.91 Å². The zero-order valence-corrected chi connectivity index (χ0v) is 8.67. The van der Waals surface area contributed by atoms with E-state index in [1.54, 1.807) is 0 Å². The van der Waals surface area contributed by atoms with Crippen LogP contribution in [0.15, 0.2) is 0 Å². The Morgan fingerprint density at radius 1 is 0.941 bits per heavy atom. The van der Waals surface area contributed by atoms with Crippen molar-refractivity contribution in [3.63, 3.8) is 0 Å². The SMILES string of the molecule is O=C(O)CNC(=O)C[C@H](NCC(=O)O)C(=O)O. The van der Waals surface area contributed by atoms with Crippen LogP contribution in [0, 0.1) is 0 Å². The molecule has 0 radical (unpaired) electrons. The predicted molar refractivity (Wildman–Crippen MR) is 52.3 cm³/mol. The van der Waals surface area contributed by atoms with Crippen LogP contribution < -0.4 is 10.6 Å². The molecule has 0 bridgehead atoms. The lowest BCUT2D eigenvalue weighted by atomic mass is 10.2. The molecule has 0 saturated carbocycles. The molecule has 9 nitrogen and oxygen atoms in total. The Labute approximate surface area is 95.4 Å². The number of rotatable bonds is 8. The van der Waals surface area contributed by atoms with E-state index < -0.39 is 49.4 Å². The molecule has 0 rings (SSSR count). The van der Waals surface area contributed by atoms with E-state index in [0.29, 0.717) is 0 Å². The summed E-state index contributed by atoms with van der Waals surface area (Å²) in [5.74, 6) is -4.71. The summed E-state index contributed by atoms with van der Waals surface area (Å²) in [6.07, 6.45) is -0.546. The van der Waals surface area contributed by atoms with Crippen molar-refractivity contribution >= 4 is 23.8 Å². The number of amides is 1. The van der Waals surface area contributed by atoms with E-state index in [4.69, 9.17) is 15.3 Å². The minimum absolute atomic E-state index is 0.546. The number of aliphatic carboxylic acids is 3. The maximum absolute atomic E-state index is 11.1. The van der Waals surface area contributed by atoms with Gasteiger partial charge in [-0.05, 0) is 0 Å². The summed E-state index contributed by atoms with van der Waals surface area (Å²) in [5, 5.41) is 29.3. The third-order valence-electron chi connectivity index (χ3n) is 1.62. The third-order valence-corrected chi connectivity index (χ3v) is 1.62. The molecule has 0 heterocycles. The van der Waals surface area contributed by atoms with Crippen LogP contribution in [0.2, 0.25) is 0 Å². The molecule has 17 heavy (non-hydrogen) atoms. The summed E-state index contributed by atoms with van der Waals surface area (Å²) < 4.78 is 0. The molecule has 0 spiro atoms. The molecule has 5 N–H and O–H groups in total. The van der Waals surface area contributed by atoms with Gasteiger partial charge in [0, 0.05) is 0 Å². The van der Waals surface area contributed by atoms with Gasteiger partial charge in [0.25, 0.3) is 0 Å². The highest BCUT2D eigenvalue weighted by atomic mass is 16.4. The molecule has 0 aromatic heterocycles. The fourth-order valence-electron chi connectivity index (χ4n) is 0.889. The number of carboxylic acids is 3. The average Bonchev–Trinajstić information content (AvgIpc) is 2.20. The van der Waals surface area contributed by atoms with Gasteiger partial charge in [0.1, 0.15) is 12.6 Å². The van der Waals surface area contributed by atoms with Gasteiger partial charge in [-0.3, -0.25) is 24.5 Å². The Kier molecular flexibility index (Phi) is 6.26. The number of carbonyl (C=O) groups is 4. The highest BCUT2D eigenvalue weighted by Crippen LogP contribution is 1.92. The van der Waals surface area contributed by atoms with Crippen LogP contribution in [0.1, 0.15) is 6.42 Å². The molecule has 9 heteroatoms. The number of carboxylic acid groups (broad SMARTS) is 3. The monoisotopic (exact) mass is 248 g/mol. The van der Waals surface area contributed by atoms with Crippen molar-refractivity contribution < 1.29 is 34.5 Å². The molecule has 0 aliphatic carbocycles. The lowest BCUT2D eigenvalue weighted by Crippen LogP contribution is -2.43. The summed E-state index contributed by atoms with van der Waals surface area (Å²) >= 11 is 0. The minimum Gasteiger partial charge on any atom is -0.480 e. The van der Waals surface area contributed by atoms with Crippen LogP contribution in [0.5, 0.6) is 0 Å². The van der Waals surface area contributed by atoms with Gasteiger partial charge in [-0.15, -0.1) is 0 Å². The van der Waals surface area contributed by atoms with E-state index in [9.17, 15) is 19.2 Å². The second-order valence-corrected chi connectivity index (χ2v) is 3.04. The summed E-state index contributed by atoms with van der Waals surface area (Å²) in [7, 11) is 0. The lowest BCUT2D eigenvalue weighted by molar-refractivity contribution is -0.142. The Morgan fingerprint density at radius 3 is 1.88 bits per heavy atom. The summed E-state index contributed by atoms with van der Waals surface area (Å²) in [6, 6.07) is -1.38. The zero-order valence-electron chi connectivity index (χ0n) is 8.67. The fraction of sp³-hybridized carbons (Fsp3) is 0.500. The molecule has 0 aromatic rings. The van der Waals surface area contributed by atoms with Crippen LogP contribution in [-0.4, -0.2) is 58.3 Å². The number of nitrogens with one attached hydrogen (secondary N) is 2. The van der Waals surface area contributed by atoms with Crippen molar-refractivity contribution in [2.24, 2.45) is 0 Å². The Hall–Kier alpha value is -2.16. The van der Waals surface area contributed by atoms with Crippen LogP contribution in [0.25, 0.3) is 0 Å². The van der Waals surface area contributed by atoms with Crippen molar-refractivity contribution in [2.45, 2.75) is 12.5 Å². The van der Waals surface area contributed by atoms with Gasteiger partial charge >= 0.3 is 17.9 Å². The second kappa shape index (κ2) is 7.17. The van der Waals surface area contributed by atoms with Crippen molar-refractivity contribution in [1.82, 2.24) is 10.6 Å². The summed E-state index contributed by atoms with van der Waals surface area (Å²) in [4.78, 5) is 42.0. The molecule has 0 aliphatic rings. The standard InChI is InChI=1S/C8H12N2O7/c11-5(10-3-7(14)15)1-4(8(16)17)9-2-6(12)13/h4,9H,1-3H2,(H,10,11)(H,12,13)(H,14,15)(H,16,17)/t4-/m0/s1. The van der Waals surface area contributed by atoms with Gasteiger partial charge in [-0.1, -0.05) is 0 Å². The van der Waals surface area contributed by atoms with Crippen molar-refractivity contribution in [3.05, 3.63) is 0 Å². The molecule has 0 aliphatic heterocycles. The van der Waals surface area contributed by atoms with Crippen LogP contribution in [0.4, 0.5) is 0 Å². The zero-order chi connectivity index (χ0) is 13.4. The van der Waals surface area contributed by atoms with Crippen LogP contribution in [0.3, 0.4) is 0 Å². The number of hydrogen-bond acceptors (Lipinski definition) is 5. The Morgan fingerprint density at radius 2 is 1.47 bits per heavy atom. The maximum Gasteiger partial charge on any atom is 0.322 e. The smallest absolute Gasteiger partial charge is 0.322 e. The topological polar surface area (TPSA) is 153 Å². The minimum atomic E-state index is -1.39.